The summed E-state index contributed by atoms with van der Waals surface area (Å²) in [6.07, 6.45) is 0.869. The van der Waals surface area contributed by atoms with Crippen LogP contribution in [0.4, 0.5) is 5.69 Å². The molecule has 2 N–H and O–H groups in total. The van der Waals surface area contributed by atoms with E-state index >= 15 is 0 Å². The van der Waals surface area contributed by atoms with E-state index < -0.39 is 0 Å². The van der Waals surface area contributed by atoms with Crippen LogP contribution in [0, 0.1) is 11.3 Å². The topological polar surface area (TPSA) is 91.2 Å². The zero-order chi connectivity index (χ0) is 18.8. The number of carbonyl (C=O) groups is 2. The first-order chi connectivity index (χ1) is 12.6. The zero-order valence-electron chi connectivity index (χ0n) is 14.6. The molecule has 134 valence electrons. The number of benzene rings is 2. The van der Waals surface area contributed by atoms with E-state index in [0.29, 0.717) is 25.1 Å². The van der Waals surface area contributed by atoms with Crippen molar-refractivity contribution < 1.29 is 14.3 Å². The van der Waals surface area contributed by atoms with Crippen molar-refractivity contribution in [3.8, 4) is 11.8 Å². The van der Waals surface area contributed by atoms with Gasteiger partial charge in [-0.3, -0.25) is 9.59 Å². The van der Waals surface area contributed by atoms with Gasteiger partial charge in [-0.05, 0) is 41.8 Å². The molecule has 0 spiro atoms. The lowest BCUT2D eigenvalue weighted by Gasteiger charge is -2.08. The Hall–Kier alpha value is -3.33. The first-order valence-electron chi connectivity index (χ1n) is 8.26. The summed E-state index contributed by atoms with van der Waals surface area (Å²) in [7, 11) is 1.62. The van der Waals surface area contributed by atoms with Crippen molar-refractivity contribution in [3.63, 3.8) is 0 Å². The minimum Gasteiger partial charge on any atom is -0.497 e. The van der Waals surface area contributed by atoms with Crippen LogP contribution in [0.2, 0.25) is 0 Å². The summed E-state index contributed by atoms with van der Waals surface area (Å²) in [4.78, 5) is 23.3. The van der Waals surface area contributed by atoms with Crippen LogP contribution in [-0.2, 0) is 22.6 Å². The number of anilines is 1. The van der Waals surface area contributed by atoms with Crippen LogP contribution in [0.25, 0.3) is 0 Å². The highest BCUT2D eigenvalue weighted by molar-refractivity contribution is 5.92. The molecule has 0 heterocycles. The summed E-state index contributed by atoms with van der Waals surface area (Å²) in [5, 5.41) is 14.0. The third-order valence-corrected chi connectivity index (χ3v) is 3.74. The molecule has 0 aromatic heterocycles. The minimum absolute atomic E-state index is 0.0285. The Morgan fingerprint density at radius 1 is 1.08 bits per heavy atom. The quantitative estimate of drug-likeness (QED) is 0.765. The van der Waals surface area contributed by atoms with E-state index in [-0.39, 0.29) is 18.2 Å². The summed E-state index contributed by atoms with van der Waals surface area (Å²) in [5.74, 6) is 0.412. The molecular weight excluding hydrogens is 330 g/mol. The Morgan fingerprint density at radius 3 is 2.54 bits per heavy atom. The number of nitrogens with zero attached hydrogens (tertiary/aromatic N) is 1. The molecule has 0 aliphatic rings. The van der Waals surface area contributed by atoms with Gasteiger partial charge in [0.1, 0.15) is 12.2 Å². The highest BCUT2D eigenvalue weighted by Crippen LogP contribution is 2.14. The number of amides is 2. The lowest BCUT2D eigenvalue weighted by Crippen LogP contribution is -2.23. The normalized spacial score (nSPS) is 9.85. The molecule has 2 rings (SSSR count). The molecule has 6 heteroatoms. The van der Waals surface area contributed by atoms with Crippen LogP contribution in [0.1, 0.15) is 24.0 Å². The molecule has 0 atom stereocenters. The number of methoxy groups -OCH3 is 1. The number of carbonyl (C=O) groups excluding carboxylic acids is 2. The second kappa shape index (κ2) is 9.84. The van der Waals surface area contributed by atoms with Gasteiger partial charge < -0.3 is 15.4 Å². The van der Waals surface area contributed by atoms with Crippen LogP contribution in [0.3, 0.4) is 0 Å². The second-order valence-corrected chi connectivity index (χ2v) is 5.71. The predicted molar refractivity (Wildman–Crippen MR) is 98.5 cm³/mol. The summed E-state index contributed by atoms with van der Waals surface area (Å²) in [6, 6.07) is 16.6. The van der Waals surface area contributed by atoms with Gasteiger partial charge in [0.25, 0.3) is 0 Å². The Morgan fingerprint density at radius 2 is 1.85 bits per heavy atom. The van der Waals surface area contributed by atoms with E-state index in [2.05, 4.69) is 10.6 Å². The third-order valence-electron chi connectivity index (χ3n) is 3.74. The lowest BCUT2D eigenvalue weighted by molar-refractivity contribution is -0.121. The average molecular weight is 351 g/mol. The number of rotatable bonds is 8. The fourth-order valence-corrected chi connectivity index (χ4v) is 2.36. The Balaban J connectivity index is 1.76. The predicted octanol–water partition coefficient (Wildman–Crippen LogP) is 2.80. The van der Waals surface area contributed by atoms with E-state index in [0.717, 1.165) is 16.9 Å². The van der Waals surface area contributed by atoms with Gasteiger partial charge in [0.15, 0.2) is 0 Å². The lowest BCUT2D eigenvalue weighted by atomic mass is 10.1. The highest BCUT2D eigenvalue weighted by atomic mass is 16.5. The number of nitriles is 1. The van der Waals surface area contributed by atoms with Crippen LogP contribution in [-0.4, -0.2) is 18.9 Å². The smallest absolute Gasteiger partial charge is 0.238 e. The van der Waals surface area contributed by atoms with E-state index in [1.54, 1.807) is 25.3 Å². The van der Waals surface area contributed by atoms with Gasteiger partial charge in [-0.15, -0.1) is 0 Å². The molecule has 0 saturated heterocycles. The number of hydrogen-bond acceptors (Lipinski definition) is 4. The van der Waals surface area contributed by atoms with Gasteiger partial charge in [0.05, 0.1) is 13.2 Å². The standard InChI is InChI=1S/C20H21N3O3/c1-26-18-4-2-3-15(13-18)7-10-19(24)22-14-16-5-8-17(9-6-16)23-20(25)11-12-21/h2-6,8-9,13H,7,10-11,14H2,1H3,(H,22,24)(H,23,25). The van der Waals surface area contributed by atoms with Crippen molar-refractivity contribution in [1.29, 1.82) is 5.26 Å². The largest absolute Gasteiger partial charge is 0.497 e. The van der Waals surface area contributed by atoms with Crippen molar-refractivity contribution in [3.05, 3.63) is 59.7 Å². The van der Waals surface area contributed by atoms with Crippen LogP contribution >= 0.6 is 0 Å². The molecule has 0 bridgehead atoms. The molecule has 0 aliphatic carbocycles. The summed E-state index contributed by atoms with van der Waals surface area (Å²) in [6.45, 7) is 0.420. The molecule has 2 amide bonds. The molecule has 0 fully saturated rings. The minimum atomic E-state index is -0.342. The molecule has 0 unspecified atom stereocenters. The SMILES string of the molecule is COc1cccc(CCC(=O)NCc2ccc(NC(=O)CC#N)cc2)c1. The Kier molecular flexibility index (Phi) is 7.19. The summed E-state index contributed by atoms with van der Waals surface area (Å²) < 4.78 is 5.17. The van der Waals surface area contributed by atoms with Gasteiger partial charge in [0.2, 0.25) is 11.8 Å². The first kappa shape index (κ1) is 19.0. The van der Waals surface area contributed by atoms with Crippen LogP contribution < -0.4 is 15.4 Å². The van der Waals surface area contributed by atoms with E-state index in [9.17, 15) is 9.59 Å². The highest BCUT2D eigenvalue weighted by Gasteiger charge is 2.05. The van der Waals surface area contributed by atoms with Gasteiger partial charge in [-0.1, -0.05) is 24.3 Å². The maximum absolute atomic E-state index is 12.0. The molecule has 0 saturated carbocycles. The van der Waals surface area contributed by atoms with Gasteiger partial charge in [-0.25, -0.2) is 0 Å². The van der Waals surface area contributed by atoms with Crippen molar-refractivity contribution in [1.82, 2.24) is 5.32 Å². The molecule has 26 heavy (non-hydrogen) atoms. The maximum Gasteiger partial charge on any atom is 0.238 e. The number of nitrogens with one attached hydrogen (secondary N) is 2. The number of hydrogen-bond donors (Lipinski definition) is 2. The Bertz CT molecular complexity index is 795. The number of aryl methyl sites for hydroxylation is 1. The molecule has 2 aromatic carbocycles. The van der Waals surface area contributed by atoms with Crippen molar-refractivity contribution >= 4 is 17.5 Å². The fourth-order valence-electron chi connectivity index (χ4n) is 2.36. The fraction of sp³-hybridized carbons (Fsp3) is 0.250. The van der Waals surface area contributed by atoms with Crippen LogP contribution in [0.15, 0.2) is 48.5 Å². The molecule has 0 radical (unpaired) electrons. The first-order valence-corrected chi connectivity index (χ1v) is 8.26. The third kappa shape index (κ3) is 6.29. The van der Waals surface area contributed by atoms with Gasteiger partial charge >= 0.3 is 0 Å². The molecule has 6 nitrogen and oxygen atoms in total. The van der Waals surface area contributed by atoms with Crippen LogP contribution in [0.5, 0.6) is 5.75 Å². The van der Waals surface area contributed by atoms with E-state index in [1.807, 2.05) is 36.4 Å². The molecular formula is C20H21N3O3. The van der Waals surface area contributed by atoms with Crippen molar-refractivity contribution in [2.24, 2.45) is 0 Å². The van der Waals surface area contributed by atoms with E-state index in [4.69, 9.17) is 10.00 Å². The Labute approximate surface area is 152 Å². The zero-order valence-corrected chi connectivity index (χ0v) is 14.6. The maximum atomic E-state index is 12.0. The average Bonchev–Trinajstić information content (AvgIpc) is 2.66. The van der Waals surface area contributed by atoms with Crippen molar-refractivity contribution in [2.45, 2.75) is 25.8 Å². The monoisotopic (exact) mass is 351 g/mol. The van der Waals surface area contributed by atoms with Crippen molar-refractivity contribution in [2.75, 3.05) is 12.4 Å². The molecule has 2 aromatic rings. The summed E-state index contributed by atoms with van der Waals surface area (Å²) >= 11 is 0. The molecule has 0 aliphatic heterocycles. The van der Waals surface area contributed by atoms with E-state index in [1.165, 1.54) is 0 Å². The second-order valence-electron chi connectivity index (χ2n) is 5.71. The van der Waals surface area contributed by atoms with Gasteiger partial charge in [0, 0.05) is 18.7 Å². The van der Waals surface area contributed by atoms with Gasteiger partial charge in [-0.2, -0.15) is 5.26 Å². The number of ether oxygens (including phenoxy) is 1. The summed E-state index contributed by atoms with van der Waals surface area (Å²) in [5.41, 5.74) is 2.60.